The Morgan fingerprint density at radius 3 is 2.66 bits per heavy atom. The van der Waals surface area contributed by atoms with Crippen molar-refractivity contribution in [1.29, 1.82) is 0 Å². The van der Waals surface area contributed by atoms with Gasteiger partial charge in [0.2, 0.25) is 11.7 Å². The first-order valence-electron chi connectivity index (χ1n) is 8.62. The van der Waals surface area contributed by atoms with Gasteiger partial charge in [-0.05, 0) is 30.3 Å². The first-order chi connectivity index (χ1) is 14.0. The van der Waals surface area contributed by atoms with E-state index in [0.717, 1.165) is 0 Å². The predicted molar refractivity (Wildman–Crippen MR) is 103 cm³/mol. The standard InChI is InChI=1S/C20H15N5O4/c1-12-21-18(24-29-12)13-5-4-6-14(11-13)19(26)22-15-7-2-3-8-17(15)25-10-9-16(23-25)20(27)28/h2-11H,1H3,(H,22,26)(H,27,28). The number of carboxylic acids is 1. The zero-order valence-electron chi connectivity index (χ0n) is 15.2. The molecule has 4 rings (SSSR count). The van der Waals surface area contributed by atoms with Gasteiger partial charge in [-0.3, -0.25) is 4.79 Å². The third-order valence-electron chi connectivity index (χ3n) is 4.12. The van der Waals surface area contributed by atoms with Crippen molar-refractivity contribution in [3.8, 4) is 17.1 Å². The van der Waals surface area contributed by atoms with Gasteiger partial charge in [0.05, 0.1) is 11.4 Å². The van der Waals surface area contributed by atoms with E-state index in [0.29, 0.717) is 34.2 Å². The Labute approximate surface area is 164 Å². The number of aryl methyl sites for hydroxylation is 1. The van der Waals surface area contributed by atoms with Crippen LogP contribution in [0.2, 0.25) is 0 Å². The molecule has 0 saturated carbocycles. The molecule has 0 aliphatic rings. The molecule has 9 heteroatoms. The number of benzene rings is 2. The van der Waals surface area contributed by atoms with Crippen molar-refractivity contribution in [2.24, 2.45) is 0 Å². The summed E-state index contributed by atoms with van der Waals surface area (Å²) in [4.78, 5) is 28.0. The third-order valence-corrected chi connectivity index (χ3v) is 4.12. The van der Waals surface area contributed by atoms with Crippen LogP contribution in [0.3, 0.4) is 0 Å². The summed E-state index contributed by atoms with van der Waals surface area (Å²) in [6.45, 7) is 1.69. The molecule has 4 aromatic rings. The van der Waals surface area contributed by atoms with Crippen LogP contribution in [0.5, 0.6) is 0 Å². The fourth-order valence-corrected chi connectivity index (χ4v) is 2.76. The van der Waals surface area contributed by atoms with Crippen molar-refractivity contribution in [2.75, 3.05) is 5.32 Å². The number of anilines is 1. The number of rotatable bonds is 5. The van der Waals surface area contributed by atoms with Gasteiger partial charge in [-0.25, -0.2) is 9.48 Å². The lowest BCUT2D eigenvalue weighted by molar-refractivity contribution is 0.0689. The van der Waals surface area contributed by atoms with Crippen molar-refractivity contribution in [3.05, 3.63) is 77.9 Å². The van der Waals surface area contributed by atoms with E-state index in [1.165, 1.54) is 16.9 Å². The molecule has 0 aliphatic carbocycles. The van der Waals surface area contributed by atoms with Crippen LogP contribution in [-0.2, 0) is 0 Å². The molecular weight excluding hydrogens is 374 g/mol. The van der Waals surface area contributed by atoms with Crippen LogP contribution in [-0.4, -0.2) is 36.9 Å². The van der Waals surface area contributed by atoms with Crippen LogP contribution in [0.25, 0.3) is 17.1 Å². The molecule has 0 saturated heterocycles. The van der Waals surface area contributed by atoms with Crippen molar-refractivity contribution in [2.45, 2.75) is 6.92 Å². The van der Waals surface area contributed by atoms with Crippen LogP contribution in [0.15, 0.2) is 65.3 Å². The maximum atomic E-state index is 12.8. The predicted octanol–water partition coefficient (Wildman–Crippen LogP) is 3.18. The maximum absolute atomic E-state index is 12.8. The highest BCUT2D eigenvalue weighted by Gasteiger charge is 2.14. The van der Waals surface area contributed by atoms with Crippen molar-refractivity contribution < 1.29 is 19.2 Å². The fourth-order valence-electron chi connectivity index (χ4n) is 2.76. The molecule has 0 bridgehead atoms. The Bertz CT molecular complexity index is 1210. The van der Waals surface area contributed by atoms with E-state index in [4.69, 9.17) is 9.63 Å². The molecule has 0 aliphatic heterocycles. The zero-order chi connectivity index (χ0) is 20.4. The molecule has 9 nitrogen and oxygen atoms in total. The third kappa shape index (κ3) is 3.74. The minimum absolute atomic E-state index is 0.0887. The average Bonchev–Trinajstić information content (AvgIpc) is 3.38. The molecule has 144 valence electrons. The minimum Gasteiger partial charge on any atom is -0.476 e. The molecule has 0 radical (unpaired) electrons. The quantitative estimate of drug-likeness (QED) is 0.537. The van der Waals surface area contributed by atoms with Crippen LogP contribution in [0.1, 0.15) is 26.7 Å². The van der Waals surface area contributed by atoms with Gasteiger partial charge in [0, 0.05) is 24.2 Å². The first-order valence-corrected chi connectivity index (χ1v) is 8.62. The molecule has 2 N–H and O–H groups in total. The number of carbonyl (C=O) groups excluding carboxylic acids is 1. The number of amides is 1. The molecular formula is C20H15N5O4. The topological polar surface area (TPSA) is 123 Å². The summed E-state index contributed by atoms with van der Waals surface area (Å²) in [5.41, 5.74) is 2.00. The SMILES string of the molecule is Cc1nc(-c2cccc(C(=O)Nc3ccccc3-n3ccc(C(=O)O)n3)c2)no1. The lowest BCUT2D eigenvalue weighted by Crippen LogP contribution is -2.14. The molecule has 29 heavy (non-hydrogen) atoms. The Morgan fingerprint density at radius 2 is 1.93 bits per heavy atom. The fraction of sp³-hybridized carbons (Fsp3) is 0.0500. The molecule has 0 atom stereocenters. The number of nitrogens with zero attached hydrogens (tertiary/aromatic N) is 4. The lowest BCUT2D eigenvalue weighted by Gasteiger charge is -2.11. The summed E-state index contributed by atoms with van der Waals surface area (Å²) < 4.78 is 6.39. The number of aromatic carboxylic acids is 1. The summed E-state index contributed by atoms with van der Waals surface area (Å²) in [6.07, 6.45) is 1.52. The lowest BCUT2D eigenvalue weighted by atomic mass is 10.1. The monoisotopic (exact) mass is 389 g/mol. The van der Waals surface area contributed by atoms with E-state index in [2.05, 4.69) is 20.6 Å². The number of para-hydroxylation sites is 2. The van der Waals surface area contributed by atoms with Crippen LogP contribution in [0.4, 0.5) is 5.69 Å². The summed E-state index contributed by atoms with van der Waals surface area (Å²) in [5.74, 6) is -0.636. The van der Waals surface area contributed by atoms with Crippen LogP contribution < -0.4 is 5.32 Å². The summed E-state index contributed by atoms with van der Waals surface area (Å²) in [6, 6.07) is 15.2. The zero-order valence-corrected chi connectivity index (χ0v) is 15.2. The van der Waals surface area contributed by atoms with Gasteiger partial charge in [0.15, 0.2) is 5.69 Å². The number of aromatic nitrogens is 4. The first kappa shape index (κ1) is 18.1. The van der Waals surface area contributed by atoms with Gasteiger partial charge < -0.3 is 14.9 Å². The molecule has 2 aromatic carbocycles. The van der Waals surface area contributed by atoms with Gasteiger partial charge in [-0.15, -0.1) is 0 Å². The Morgan fingerprint density at radius 1 is 1.10 bits per heavy atom. The molecule has 0 fully saturated rings. The number of carboxylic acid groups (broad SMARTS) is 1. The second-order valence-electron chi connectivity index (χ2n) is 6.14. The van der Waals surface area contributed by atoms with Gasteiger partial charge in [0.25, 0.3) is 5.91 Å². The van der Waals surface area contributed by atoms with Crippen LogP contribution >= 0.6 is 0 Å². The second kappa shape index (κ2) is 7.39. The van der Waals surface area contributed by atoms with E-state index in [9.17, 15) is 9.59 Å². The molecule has 0 spiro atoms. The van der Waals surface area contributed by atoms with Crippen molar-refractivity contribution in [1.82, 2.24) is 19.9 Å². The summed E-state index contributed by atoms with van der Waals surface area (Å²) in [7, 11) is 0. The molecule has 0 unspecified atom stereocenters. The second-order valence-corrected chi connectivity index (χ2v) is 6.14. The summed E-state index contributed by atoms with van der Waals surface area (Å²) >= 11 is 0. The molecule has 2 aromatic heterocycles. The van der Waals surface area contributed by atoms with E-state index in [-0.39, 0.29) is 11.6 Å². The minimum atomic E-state index is -1.13. The molecule has 1 amide bonds. The smallest absolute Gasteiger partial charge is 0.356 e. The van der Waals surface area contributed by atoms with Gasteiger partial charge in [-0.1, -0.05) is 29.4 Å². The highest BCUT2D eigenvalue weighted by atomic mass is 16.5. The van der Waals surface area contributed by atoms with Crippen molar-refractivity contribution >= 4 is 17.6 Å². The van der Waals surface area contributed by atoms with E-state index >= 15 is 0 Å². The largest absolute Gasteiger partial charge is 0.476 e. The number of hydrogen-bond donors (Lipinski definition) is 2. The van der Waals surface area contributed by atoms with Crippen molar-refractivity contribution in [3.63, 3.8) is 0 Å². The van der Waals surface area contributed by atoms with Crippen LogP contribution in [0, 0.1) is 6.92 Å². The van der Waals surface area contributed by atoms with E-state index < -0.39 is 5.97 Å². The Hall–Kier alpha value is -4.27. The normalized spacial score (nSPS) is 10.7. The van der Waals surface area contributed by atoms with Gasteiger partial charge >= 0.3 is 5.97 Å². The number of hydrogen-bond acceptors (Lipinski definition) is 6. The maximum Gasteiger partial charge on any atom is 0.356 e. The highest BCUT2D eigenvalue weighted by Crippen LogP contribution is 2.22. The average molecular weight is 389 g/mol. The Balaban J connectivity index is 1.62. The van der Waals surface area contributed by atoms with Gasteiger partial charge in [-0.2, -0.15) is 10.1 Å². The number of nitrogens with one attached hydrogen (secondary N) is 1. The highest BCUT2D eigenvalue weighted by molar-refractivity contribution is 6.05. The van der Waals surface area contributed by atoms with E-state index in [1.807, 2.05) is 0 Å². The van der Waals surface area contributed by atoms with Gasteiger partial charge in [0.1, 0.15) is 0 Å². The summed E-state index contributed by atoms with van der Waals surface area (Å²) in [5, 5.41) is 19.8. The number of carbonyl (C=O) groups is 2. The Kier molecular flexibility index (Phi) is 4.62. The van der Waals surface area contributed by atoms with E-state index in [1.54, 1.807) is 55.5 Å². The molecule has 2 heterocycles.